The van der Waals surface area contributed by atoms with Crippen LogP contribution in [0.1, 0.15) is 36.2 Å². The number of fused-ring (bicyclic) bond motifs is 1. The molecule has 0 spiro atoms. The van der Waals surface area contributed by atoms with Gasteiger partial charge in [-0.1, -0.05) is 18.9 Å². The fourth-order valence-electron chi connectivity index (χ4n) is 2.64. The third kappa shape index (κ3) is 2.47. The number of hydrogen-bond donors (Lipinski definition) is 1. The zero-order valence-corrected chi connectivity index (χ0v) is 11.4. The van der Waals surface area contributed by atoms with Gasteiger partial charge in [0.05, 0.1) is 0 Å². The summed E-state index contributed by atoms with van der Waals surface area (Å²) in [5, 5.41) is 10.0. The molecule has 19 heavy (non-hydrogen) atoms. The van der Waals surface area contributed by atoms with Crippen molar-refractivity contribution in [3.05, 3.63) is 30.1 Å². The summed E-state index contributed by atoms with van der Waals surface area (Å²) in [6.07, 6.45) is 6.90. The molecule has 4 nitrogen and oxygen atoms in total. The van der Waals surface area contributed by atoms with Gasteiger partial charge in [0.15, 0.2) is 5.69 Å². The summed E-state index contributed by atoms with van der Waals surface area (Å²) >= 11 is 1.59. The monoisotopic (exact) mass is 276 g/mol. The maximum absolute atomic E-state index is 11.4. The largest absolute Gasteiger partial charge is 0.476 e. The van der Waals surface area contributed by atoms with Crippen molar-refractivity contribution in [1.29, 1.82) is 0 Å². The number of nitrogens with zero attached hydrogens (tertiary/aromatic N) is 2. The molecule has 3 rings (SSSR count). The van der Waals surface area contributed by atoms with Gasteiger partial charge in [-0.2, -0.15) is 0 Å². The van der Waals surface area contributed by atoms with Crippen LogP contribution in [0.4, 0.5) is 0 Å². The van der Waals surface area contributed by atoms with E-state index in [1.54, 1.807) is 22.4 Å². The summed E-state index contributed by atoms with van der Waals surface area (Å²) in [5.41, 5.74) is 0.993. The van der Waals surface area contributed by atoms with Gasteiger partial charge < -0.3 is 5.11 Å². The lowest BCUT2D eigenvalue weighted by Gasteiger charge is -2.06. The second-order valence-electron chi connectivity index (χ2n) is 4.96. The van der Waals surface area contributed by atoms with Crippen LogP contribution in [0, 0.1) is 5.92 Å². The zero-order valence-electron chi connectivity index (χ0n) is 10.6. The van der Waals surface area contributed by atoms with Crippen molar-refractivity contribution in [2.75, 3.05) is 5.75 Å². The van der Waals surface area contributed by atoms with E-state index in [9.17, 15) is 9.90 Å². The van der Waals surface area contributed by atoms with E-state index in [0.29, 0.717) is 16.4 Å². The number of thioether (sulfide) groups is 1. The first-order chi connectivity index (χ1) is 9.25. The lowest BCUT2D eigenvalue weighted by Crippen LogP contribution is -2.04. The van der Waals surface area contributed by atoms with E-state index in [0.717, 1.165) is 11.7 Å². The van der Waals surface area contributed by atoms with Gasteiger partial charge in [0.2, 0.25) is 0 Å². The molecule has 1 aliphatic rings. The Kier molecular flexibility index (Phi) is 3.46. The van der Waals surface area contributed by atoms with E-state index >= 15 is 0 Å². The fourth-order valence-corrected chi connectivity index (χ4v) is 3.85. The first-order valence-corrected chi connectivity index (χ1v) is 7.57. The first-order valence-electron chi connectivity index (χ1n) is 6.59. The van der Waals surface area contributed by atoms with E-state index in [4.69, 9.17) is 0 Å². The molecule has 0 radical (unpaired) electrons. The van der Waals surface area contributed by atoms with Gasteiger partial charge in [-0.25, -0.2) is 9.78 Å². The number of hydrogen-bond acceptors (Lipinski definition) is 3. The smallest absolute Gasteiger partial charge is 0.355 e. The number of carboxylic acid groups (broad SMARTS) is 1. The second-order valence-corrected chi connectivity index (χ2v) is 5.97. The lowest BCUT2D eigenvalue weighted by atomic mass is 10.1. The van der Waals surface area contributed by atoms with Gasteiger partial charge in [0.1, 0.15) is 10.7 Å². The van der Waals surface area contributed by atoms with Crippen molar-refractivity contribution in [3.63, 3.8) is 0 Å². The molecule has 2 aromatic heterocycles. The van der Waals surface area contributed by atoms with Crippen LogP contribution in [0.5, 0.6) is 0 Å². The number of imidazole rings is 1. The quantitative estimate of drug-likeness (QED) is 0.870. The molecule has 1 fully saturated rings. The van der Waals surface area contributed by atoms with Crippen molar-refractivity contribution in [1.82, 2.24) is 9.38 Å². The third-order valence-electron chi connectivity index (χ3n) is 3.63. The number of rotatable bonds is 4. The van der Waals surface area contributed by atoms with Crippen LogP contribution in [0.3, 0.4) is 0 Å². The molecule has 0 unspecified atom stereocenters. The second kappa shape index (κ2) is 5.25. The third-order valence-corrected chi connectivity index (χ3v) is 4.83. The topological polar surface area (TPSA) is 54.6 Å². The Morgan fingerprint density at radius 1 is 1.42 bits per heavy atom. The van der Waals surface area contributed by atoms with Gasteiger partial charge in [0.25, 0.3) is 0 Å². The average molecular weight is 276 g/mol. The Labute approximate surface area is 115 Å². The van der Waals surface area contributed by atoms with Crippen molar-refractivity contribution >= 4 is 23.4 Å². The maximum Gasteiger partial charge on any atom is 0.355 e. The molecule has 100 valence electrons. The summed E-state index contributed by atoms with van der Waals surface area (Å²) in [7, 11) is 0. The van der Waals surface area contributed by atoms with Crippen LogP contribution < -0.4 is 0 Å². The molecule has 0 amide bonds. The van der Waals surface area contributed by atoms with Gasteiger partial charge in [-0.3, -0.25) is 4.40 Å². The average Bonchev–Trinajstić information content (AvgIpc) is 3.03. The number of pyridine rings is 1. The van der Waals surface area contributed by atoms with E-state index in [-0.39, 0.29) is 0 Å². The number of carboxylic acids is 1. The molecule has 2 heterocycles. The highest BCUT2D eigenvalue weighted by atomic mass is 32.2. The van der Waals surface area contributed by atoms with Crippen LogP contribution in [-0.4, -0.2) is 26.2 Å². The molecule has 1 N–H and O–H groups in total. The van der Waals surface area contributed by atoms with Crippen molar-refractivity contribution in [3.8, 4) is 0 Å². The van der Waals surface area contributed by atoms with Gasteiger partial charge >= 0.3 is 5.97 Å². The number of aromatic nitrogens is 2. The van der Waals surface area contributed by atoms with Gasteiger partial charge in [0, 0.05) is 11.9 Å². The van der Waals surface area contributed by atoms with Crippen LogP contribution in [0.15, 0.2) is 29.4 Å². The van der Waals surface area contributed by atoms with Crippen molar-refractivity contribution in [2.45, 2.75) is 30.7 Å². The van der Waals surface area contributed by atoms with E-state index in [2.05, 4.69) is 4.98 Å². The van der Waals surface area contributed by atoms with Gasteiger partial charge in [-0.05, 0) is 30.9 Å². The molecule has 0 aromatic carbocycles. The Balaban J connectivity index is 1.88. The zero-order chi connectivity index (χ0) is 13.2. The first kappa shape index (κ1) is 12.5. The van der Waals surface area contributed by atoms with Crippen LogP contribution in [-0.2, 0) is 0 Å². The van der Waals surface area contributed by atoms with Crippen LogP contribution in [0.25, 0.3) is 5.65 Å². The van der Waals surface area contributed by atoms with Crippen molar-refractivity contribution in [2.24, 2.45) is 5.92 Å². The fraction of sp³-hybridized carbons (Fsp3) is 0.429. The Morgan fingerprint density at radius 3 is 2.95 bits per heavy atom. The minimum atomic E-state index is -0.910. The highest BCUT2D eigenvalue weighted by molar-refractivity contribution is 7.99. The van der Waals surface area contributed by atoms with Crippen LogP contribution in [0.2, 0.25) is 0 Å². The molecule has 0 atom stereocenters. The summed E-state index contributed by atoms with van der Waals surface area (Å²) in [6.45, 7) is 0. The van der Waals surface area contributed by atoms with E-state index < -0.39 is 5.97 Å². The normalized spacial score (nSPS) is 16.2. The molecule has 0 aliphatic heterocycles. The maximum atomic E-state index is 11.4. The molecule has 1 aliphatic carbocycles. The molecule has 2 aromatic rings. The Bertz CT molecular complexity index is 603. The van der Waals surface area contributed by atoms with Crippen LogP contribution >= 0.6 is 11.8 Å². The summed E-state index contributed by atoms with van der Waals surface area (Å²) in [4.78, 5) is 15.9. The Hall–Kier alpha value is -1.49. The van der Waals surface area contributed by atoms with Gasteiger partial charge in [-0.15, -0.1) is 11.8 Å². The number of carbonyl (C=O) groups is 1. The van der Waals surface area contributed by atoms with E-state index in [1.165, 1.54) is 25.7 Å². The van der Waals surface area contributed by atoms with Crippen molar-refractivity contribution < 1.29 is 9.90 Å². The summed E-state index contributed by atoms with van der Waals surface area (Å²) < 4.78 is 1.65. The standard InChI is InChI=1S/C14H16N2O2S/c17-14(18)12-13(19-9-10-5-1-2-6-10)15-11-7-3-4-8-16(11)12/h3-4,7-8,10H,1-2,5-6,9H2,(H,17,18). The SMILES string of the molecule is O=C(O)c1c(SCC2CCCC2)nc2ccccn12. The molecular formula is C14H16N2O2S. The molecule has 0 saturated heterocycles. The summed E-state index contributed by atoms with van der Waals surface area (Å²) in [6, 6.07) is 5.54. The minimum Gasteiger partial charge on any atom is -0.476 e. The molecule has 1 saturated carbocycles. The molecule has 5 heteroatoms. The number of aromatic carboxylic acids is 1. The minimum absolute atomic E-state index is 0.290. The Morgan fingerprint density at radius 2 is 2.21 bits per heavy atom. The lowest BCUT2D eigenvalue weighted by molar-refractivity contribution is 0.0685. The molecular weight excluding hydrogens is 260 g/mol. The predicted octanol–water partition coefficient (Wildman–Crippen LogP) is 3.31. The highest BCUT2D eigenvalue weighted by Gasteiger charge is 2.21. The molecule has 0 bridgehead atoms. The highest BCUT2D eigenvalue weighted by Crippen LogP contribution is 2.32. The predicted molar refractivity (Wildman–Crippen MR) is 74.8 cm³/mol. The van der Waals surface area contributed by atoms with E-state index in [1.807, 2.05) is 18.2 Å². The summed E-state index contributed by atoms with van der Waals surface area (Å²) in [5.74, 6) is 0.786.